The Morgan fingerprint density at radius 2 is 2.12 bits per heavy atom. The van der Waals surface area contributed by atoms with E-state index in [-0.39, 0.29) is 10.8 Å². The van der Waals surface area contributed by atoms with Gasteiger partial charge < -0.3 is 5.11 Å². The van der Waals surface area contributed by atoms with Crippen molar-refractivity contribution in [2.24, 2.45) is 5.10 Å². The Labute approximate surface area is 192 Å². The summed E-state index contributed by atoms with van der Waals surface area (Å²) < 4.78 is 1.87. The lowest BCUT2D eigenvalue weighted by atomic mass is 10.0. The molecule has 1 aliphatic carbocycles. The van der Waals surface area contributed by atoms with Gasteiger partial charge in [0, 0.05) is 11.1 Å². The molecule has 0 bridgehead atoms. The molecule has 1 N–H and O–H groups in total. The van der Waals surface area contributed by atoms with E-state index in [0.29, 0.717) is 0 Å². The number of carboxylic acids is 1. The van der Waals surface area contributed by atoms with E-state index >= 15 is 0 Å². The van der Waals surface area contributed by atoms with Gasteiger partial charge in [0.15, 0.2) is 6.21 Å². The van der Waals surface area contributed by atoms with Crippen molar-refractivity contribution in [1.29, 1.82) is 0 Å². The monoisotopic (exact) mass is 466 g/mol. The van der Waals surface area contributed by atoms with E-state index in [2.05, 4.69) is 17.4 Å². The highest BCUT2D eigenvalue weighted by Gasteiger charge is 2.36. The van der Waals surface area contributed by atoms with Gasteiger partial charge in [-0.25, -0.2) is 0 Å². The number of nitrogens with zero attached hydrogens (tertiary/aromatic N) is 3. The van der Waals surface area contributed by atoms with Gasteiger partial charge >= 0.3 is 5.97 Å². The first-order valence-corrected chi connectivity index (χ1v) is 11.2. The fourth-order valence-electron chi connectivity index (χ4n) is 4.15. The van der Waals surface area contributed by atoms with Crippen LogP contribution in [-0.2, 0) is 16.0 Å². The Hall–Kier alpha value is -3.23. The highest BCUT2D eigenvalue weighted by Crippen LogP contribution is 2.36. The second-order valence-corrected chi connectivity index (χ2v) is 9.14. The molecule has 1 atom stereocenters. The zero-order valence-electron chi connectivity index (χ0n) is 16.7. The van der Waals surface area contributed by atoms with Gasteiger partial charge in [0.2, 0.25) is 5.69 Å². The summed E-state index contributed by atoms with van der Waals surface area (Å²) in [5.41, 5.74) is 5.11. The first kappa shape index (κ1) is 20.7. The van der Waals surface area contributed by atoms with E-state index in [4.69, 9.17) is 16.7 Å². The average Bonchev–Trinajstić information content (AvgIpc) is 3.41. The number of hydrogen-bond acceptors (Lipinski definition) is 5. The third-order valence-corrected chi connectivity index (χ3v) is 6.78. The fourth-order valence-corrected chi connectivity index (χ4v) is 5.18. The van der Waals surface area contributed by atoms with E-state index in [0.717, 1.165) is 51.3 Å². The second-order valence-electron chi connectivity index (χ2n) is 7.71. The minimum Gasteiger partial charge on any atom is -0.480 e. The number of thioether (sulfide) groups is 1. The topological polar surface area (TPSA) is 90.1 Å². The minimum absolute atomic E-state index is 0.204. The lowest BCUT2D eigenvalue weighted by Gasteiger charge is -2.07. The van der Waals surface area contributed by atoms with Gasteiger partial charge in [0.25, 0.3) is 11.1 Å². The van der Waals surface area contributed by atoms with Crippen molar-refractivity contribution in [2.75, 3.05) is 6.54 Å². The standard InChI is InChI=1S/C23H16ClN3O4S/c24-17-4-5-18-14(9-17)2-3-15(18)11-27-19-6-1-13(7-16(19)10-25-27)8-20-22(30)26(12-21(28)29)23(31)32-20/h1,4-11,15H,2-3,12H2/p+1. The van der Waals surface area contributed by atoms with Crippen LogP contribution in [0.5, 0.6) is 0 Å². The van der Waals surface area contributed by atoms with Crippen LogP contribution < -0.4 is 0 Å². The van der Waals surface area contributed by atoms with Crippen molar-refractivity contribution in [2.45, 2.75) is 18.8 Å². The molecular formula is C23H17ClN3O4S+. The van der Waals surface area contributed by atoms with Crippen LogP contribution in [0.25, 0.3) is 6.08 Å². The van der Waals surface area contributed by atoms with Gasteiger partial charge in [0.05, 0.1) is 16.4 Å². The first-order chi connectivity index (χ1) is 15.4. The van der Waals surface area contributed by atoms with Gasteiger partial charge in [-0.3, -0.25) is 19.3 Å². The molecule has 1 fully saturated rings. The molecule has 0 spiro atoms. The number of carbonyl (C=O) groups excluding carboxylic acids is 2. The van der Waals surface area contributed by atoms with Crippen LogP contribution in [0.1, 0.15) is 34.6 Å². The first-order valence-electron chi connectivity index (χ1n) is 9.97. The van der Waals surface area contributed by atoms with E-state index in [1.165, 1.54) is 11.1 Å². The van der Waals surface area contributed by atoms with Crippen molar-refractivity contribution in [3.63, 3.8) is 0 Å². The van der Waals surface area contributed by atoms with Gasteiger partial charge in [-0.05, 0) is 76.7 Å². The molecule has 2 amide bonds. The molecule has 0 radical (unpaired) electrons. The van der Waals surface area contributed by atoms with Crippen LogP contribution in [0.2, 0.25) is 5.02 Å². The number of aryl methyl sites for hydroxylation is 1. The largest absolute Gasteiger partial charge is 0.480 e. The molecule has 2 heterocycles. The number of aliphatic carboxylic acids is 1. The summed E-state index contributed by atoms with van der Waals surface area (Å²) in [5.74, 6) is -1.57. The van der Waals surface area contributed by atoms with Gasteiger partial charge in [-0.15, -0.1) is 0 Å². The number of rotatable bonds is 4. The molecule has 0 saturated carbocycles. The Morgan fingerprint density at radius 1 is 1.28 bits per heavy atom. The van der Waals surface area contributed by atoms with Crippen LogP contribution in [0, 0.1) is 0 Å². The molecule has 2 aromatic rings. The van der Waals surface area contributed by atoms with Crippen LogP contribution in [0.4, 0.5) is 10.5 Å². The van der Waals surface area contributed by atoms with Crippen molar-refractivity contribution in [3.8, 4) is 0 Å². The molecule has 7 nitrogen and oxygen atoms in total. The Bertz CT molecular complexity index is 1280. The summed E-state index contributed by atoms with van der Waals surface area (Å²) in [5, 5.41) is 13.6. The third kappa shape index (κ3) is 3.76. The van der Waals surface area contributed by atoms with E-state index in [1.54, 1.807) is 12.3 Å². The normalized spacial score (nSPS) is 21.7. The lowest BCUT2D eigenvalue weighted by Crippen LogP contribution is -2.33. The van der Waals surface area contributed by atoms with E-state index < -0.39 is 23.7 Å². The number of amides is 2. The Kier molecular flexibility index (Phi) is 5.19. The maximum Gasteiger partial charge on any atom is 0.323 e. The summed E-state index contributed by atoms with van der Waals surface area (Å²) in [4.78, 5) is 36.1. The predicted molar refractivity (Wildman–Crippen MR) is 123 cm³/mol. The van der Waals surface area contributed by atoms with Crippen molar-refractivity contribution in [1.82, 2.24) is 4.90 Å². The zero-order chi connectivity index (χ0) is 22.4. The van der Waals surface area contributed by atoms with E-state index in [1.807, 2.05) is 35.0 Å². The summed E-state index contributed by atoms with van der Waals surface area (Å²) in [6.45, 7) is -0.639. The maximum atomic E-state index is 12.4. The molecule has 160 valence electrons. The number of hydrogen-bond donors (Lipinski definition) is 1. The smallest absolute Gasteiger partial charge is 0.323 e. The molecule has 2 aromatic carbocycles. The molecule has 32 heavy (non-hydrogen) atoms. The molecule has 9 heteroatoms. The molecule has 0 aromatic heterocycles. The number of halogens is 1. The van der Waals surface area contributed by atoms with E-state index in [9.17, 15) is 14.4 Å². The average molecular weight is 467 g/mol. The number of imide groups is 1. The molecular weight excluding hydrogens is 450 g/mol. The quantitative estimate of drug-likeness (QED) is 0.537. The molecule has 1 saturated heterocycles. The third-order valence-electron chi connectivity index (χ3n) is 5.63. The summed E-state index contributed by atoms with van der Waals surface area (Å²) in [7, 11) is 0. The number of fused-ring (bicyclic) bond motifs is 2. The second kappa shape index (κ2) is 8.03. The van der Waals surface area contributed by atoms with Crippen LogP contribution in [-0.4, -0.2) is 50.8 Å². The van der Waals surface area contributed by atoms with Gasteiger partial charge in [0.1, 0.15) is 12.8 Å². The molecule has 3 aliphatic rings. The van der Waals surface area contributed by atoms with Crippen LogP contribution in [0.3, 0.4) is 0 Å². The molecule has 2 aliphatic heterocycles. The Morgan fingerprint density at radius 3 is 2.94 bits per heavy atom. The number of carboxylic acid groups (broad SMARTS) is 1. The van der Waals surface area contributed by atoms with Crippen molar-refractivity contribution < 1.29 is 24.2 Å². The highest BCUT2D eigenvalue weighted by molar-refractivity contribution is 8.18. The number of hydrazone groups is 1. The fraction of sp³-hybridized carbons (Fsp3) is 0.174. The van der Waals surface area contributed by atoms with Crippen LogP contribution >= 0.6 is 23.4 Å². The lowest BCUT2D eigenvalue weighted by molar-refractivity contribution is -0.437. The Balaban J connectivity index is 1.39. The van der Waals surface area contributed by atoms with Crippen molar-refractivity contribution in [3.05, 3.63) is 68.6 Å². The van der Waals surface area contributed by atoms with Crippen molar-refractivity contribution >= 4 is 64.7 Å². The molecule has 5 rings (SSSR count). The predicted octanol–water partition coefficient (Wildman–Crippen LogP) is 4.25. The zero-order valence-corrected chi connectivity index (χ0v) is 18.3. The molecule has 1 unspecified atom stereocenters. The maximum absolute atomic E-state index is 12.4. The van der Waals surface area contributed by atoms with Crippen LogP contribution in [0.15, 0.2) is 46.4 Å². The summed E-state index contributed by atoms with van der Waals surface area (Å²) >= 11 is 6.86. The number of benzene rings is 2. The summed E-state index contributed by atoms with van der Waals surface area (Å²) in [6, 6.07) is 11.7. The SMILES string of the molecule is O=C(O)CN1C(=O)SC(=Cc2ccc3c(c2)C=N[N+]3=CC2CCc3cc(Cl)ccc32)C1=O. The van der Waals surface area contributed by atoms with Gasteiger partial charge in [-0.2, -0.15) is 0 Å². The number of carbonyl (C=O) groups is 3. The summed E-state index contributed by atoms with van der Waals surface area (Å²) in [6.07, 6.45) is 7.46. The highest BCUT2D eigenvalue weighted by atomic mass is 35.5. The van der Waals surface area contributed by atoms with Gasteiger partial charge in [-0.1, -0.05) is 22.4 Å². The minimum atomic E-state index is -1.23.